The summed E-state index contributed by atoms with van der Waals surface area (Å²) in [6, 6.07) is 20.2. The molecule has 0 heterocycles. The van der Waals surface area contributed by atoms with Gasteiger partial charge in [-0.1, -0.05) is 18.2 Å². The summed E-state index contributed by atoms with van der Waals surface area (Å²) in [6.07, 6.45) is 0. The molecule has 3 aromatic rings. The Kier molecular flexibility index (Phi) is 5.23. The maximum atomic E-state index is 12.4. The number of rotatable bonds is 6. The number of azo groups is 1. The van der Waals surface area contributed by atoms with Crippen molar-refractivity contribution in [1.29, 1.82) is 0 Å². The van der Waals surface area contributed by atoms with Gasteiger partial charge in [0.15, 0.2) is 0 Å². The molecule has 1 N–H and O–H groups in total. The van der Waals surface area contributed by atoms with E-state index in [0.717, 1.165) is 12.1 Å². The minimum Gasteiger partial charge on any atom is -0.280 e. The average molecular weight is 382 g/mol. The third-order valence-electron chi connectivity index (χ3n) is 3.51. The predicted octanol–water partition coefficient (Wildman–Crippen LogP) is 4.81. The summed E-state index contributed by atoms with van der Waals surface area (Å²) in [5, 5.41) is 18.8. The van der Waals surface area contributed by atoms with E-state index in [0.29, 0.717) is 17.1 Å². The number of non-ortho nitro benzene ring substituents is 1. The topological polar surface area (TPSA) is 114 Å². The van der Waals surface area contributed by atoms with Crippen LogP contribution in [0.2, 0.25) is 0 Å². The van der Waals surface area contributed by atoms with E-state index >= 15 is 0 Å². The molecule has 0 fully saturated rings. The van der Waals surface area contributed by atoms with Gasteiger partial charge in [-0.05, 0) is 48.5 Å². The van der Waals surface area contributed by atoms with Gasteiger partial charge in [-0.2, -0.15) is 10.2 Å². The molecule has 0 saturated heterocycles. The Morgan fingerprint density at radius 2 is 1.33 bits per heavy atom. The van der Waals surface area contributed by atoms with Gasteiger partial charge in [0, 0.05) is 17.8 Å². The van der Waals surface area contributed by atoms with E-state index in [-0.39, 0.29) is 10.6 Å². The maximum absolute atomic E-state index is 12.4. The van der Waals surface area contributed by atoms with Crippen LogP contribution in [0.15, 0.2) is 94.0 Å². The van der Waals surface area contributed by atoms with Crippen LogP contribution in [-0.2, 0) is 10.0 Å². The normalized spacial score (nSPS) is 11.4. The first kappa shape index (κ1) is 18.2. The zero-order chi connectivity index (χ0) is 19.3. The highest BCUT2D eigenvalue weighted by atomic mass is 32.2. The Hall–Kier alpha value is -3.59. The molecule has 27 heavy (non-hydrogen) atoms. The molecular formula is C18H14N4O4S. The van der Waals surface area contributed by atoms with Crippen molar-refractivity contribution in [2.45, 2.75) is 4.90 Å². The van der Waals surface area contributed by atoms with Crippen LogP contribution in [0.4, 0.5) is 22.7 Å². The molecule has 0 atom stereocenters. The molecule has 0 radical (unpaired) electrons. The van der Waals surface area contributed by atoms with Crippen LogP contribution in [0.3, 0.4) is 0 Å². The Morgan fingerprint density at radius 1 is 0.778 bits per heavy atom. The number of nitrogens with one attached hydrogen (secondary N) is 1. The van der Waals surface area contributed by atoms with E-state index < -0.39 is 14.9 Å². The van der Waals surface area contributed by atoms with Crippen molar-refractivity contribution in [1.82, 2.24) is 0 Å². The average Bonchev–Trinajstić information content (AvgIpc) is 2.68. The molecule has 0 unspecified atom stereocenters. The van der Waals surface area contributed by atoms with E-state index in [1.165, 1.54) is 12.1 Å². The van der Waals surface area contributed by atoms with Crippen molar-refractivity contribution in [3.8, 4) is 0 Å². The zero-order valence-corrected chi connectivity index (χ0v) is 14.7. The monoisotopic (exact) mass is 382 g/mol. The van der Waals surface area contributed by atoms with E-state index in [4.69, 9.17) is 0 Å². The van der Waals surface area contributed by atoms with Gasteiger partial charge < -0.3 is 0 Å². The third-order valence-corrected chi connectivity index (χ3v) is 4.91. The summed E-state index contributed by atoms with van der Waals surface area (Å²) in [6.45, 7) is 0. The summed E-state index contributed by atoms with van der Waals surface area (Å²) in [4.78, 5) is 9.99. The molecular weight excluding hydrogens is 368 g/mol. The lowest BCUT2D eigenvalue weighted by Gasteiger charge is -2.08. The summed E-state index contributed by atoms with van der Waals surface area (Å²) >= 11 is 0. The van der Waals surface area contributed by atoms with Gasteiger partial charge in [-0.3, -0.25) is 14.8 Å². The number of hydrogen-bond acceptors (Lipinski definition) is 6. The number of anilines is 1. The van der Waals surface area contributed by atoms with E-state index in [9.17, 15) is 18.5 Å². The second kappa shape index (κ2) is 7.75. The Labute approximate surface area is 155 Å². The first-order chi connectivity index (χ1) is 12.9. The molecule has 0 aliphatic heterocycles. The fraction of sp³-hybridized carbons (Fsp3) is 0. The Morgan fingerprint density at radius 3 is 1.89 bits per heavy atom. The molecule has 0 bridgehead atoms. The molecule has 8 nitrogen and oxygen atoms in total. The molecule has 136 valence electrons. The molecule has 0 aliphatic rings. The van der Waals surface area contributed by atoms with Gasteiger partial charge in [0.2, 0.25) is 0 Å². The molecule has 0 spiro atoms. The lowest BCUT2D eigenvalue weighted by Crippen LogP contribution is -2.12. The van der Waals surface area contributed by atoms with Gasteiger partial charge in [0.1, 0.15) is 0 Å². The van der Waals surface area contributed by atoms with E-state index in [1.807, 2.05) is 30.3 Å². The zero-order valence-electron chi connectivity index (χ0n) is 13.9. The SMILES string of the molecule is O=[N+]([O-])c1ccc(S(=O)(=O)Nc2ccc(N=Nc3ccccc3)cc2)cc1. The minimum atomic E-state index is -3.85. The second-order valence-electron chi connectivity index (χ2n) is 5.44. The minimum absolute atomic E-state index is 0.0686. The highest BCUT2D eigenvalue weighted by Gasteiger charge is 2.16. The van der Waals surface area contributed by atoms with Gasteiger partial charge in [-0.15, -0.1) is 0 Å². The Balaban J connectivity index is 1.71. The number of hydrogen-bond donors (Lipinski definition) is 1. The van der Waals surface area contributed by atoms with Crippen LogP contribution in [0.5, 0.6) is 0 Å². The van der Waals surface area contributed by atoms with Crippen molar-refractivity contribution >= 4 is 32.8 Å². The van der Waals surface area contributed by atoms with E-state index in [1.54, 1.807) is 24.3 Å². The molecule has 3 aromatic carbocycles. The standard InChI is InChI=1S/C18H14N4O4S/c23-22(24)17-10-12-18(13-11-17)27(25,26)21-16-8-6-15(7-9-16)20-19-14-4-2-1-3-5-14/h1-13,21H. The first-order valence-electron chi connectivity index (χ1n) is 7.78. The van der Waals surface area contributed by atoms with Gasteiger partial charge in [-0.25, -0.2) is 8.42 Å². The van der Waals surface area contributed by atoms with Crippen LogP contribution in [0, 0.1) is 10.1 Å². The number of sulfonamides is 1. The third kappa shape index (κ3) is 4.73. The quantitative estimate of drug-likeness (QED) is 0.374. The van der Waals surface area contributed by atoms with Gasteiger partial charge in [0.05, 0.1) is 21.2 Å². The molecule has 0 saturated carbocycles. The van der Waals surface area contributed by atoms with Crippen molar-refractivity contribution in [2.75, 3.05) is 4.72 Å². The predicted molar refractivity (Wildman–Crippen MR) is 101 cm³/mol. The van der Waals surface area contributed by atoms with Crippen LogP contribution < -0.4 is 4.72 Å². The smallest absolute Gasteiger partial charge is 0.269 e. The lowest BCUT2D eigenvalue weighted by atomic mass is 10.3. The number of nitrogens with zero attached hydrogens (tertiary/aromatic N) is 3. The van der Waals surface area contributed by atoms with E-state index in [2.05, 4.69) is 15.0 Å². The highest BCUT2D eigenvalue weighted by Crippen LogP contribution is 2.23. The summed E-state index contributed by atoms with van der Waals surface area (Å²) in [7, 11) is -3.85. The number of nitro groups is 1. The number of benzene rings is 3. The summed E-state index contributed by atoms with van der Waals surface area (Å²) < 4.78 is 27.1. The molecule has 9 heteroatoms. The molecule has 0 aromatic heterocycles. The van der Waals surface area contributed by atoms with Crippen LogP contribution in [0.1, 0.15) is 0 Å². The molecule has 0 amide bonds. The Bertz CT molecular complexity index is 1060. The van der Waals surface area contributed by atoms with Crippen molar-refractivity contribution in [3.63, 3.8) is 0 Å². The molecule has 0 aliphatic carbocycles. The summed E-state index contributed by atoms with van der Waals surface area (Å²) in [5.74, 6) is 0. The first-order valence-corrected chi connectivity index (χ1v) is 9.26. The van der Waals surface area contributed by atoms with Crippen LogP contribution >= 0.6 is 0 Å². The fourth-order valence-corrected chi connectivity index (χ4v) is 3.23. The maximum Gasteiger partial charge on any atom is 0.269 e. The van der Waals surface area contributed by atoms with Gasteiger partial charge in [0.25, 0.3) is 15.7 Å². The summed E-state index contributed by atoms with van der Waals surface area (Å²) in [5.41, 5.74) is 1.44. The molecule has 3 rings (SSSR count). The second-order valence-corrected chi connectivity index (χ2v) is 7.12. The van der Waals surface area contributed by atoms with Crippen molar-refractivity contribution in [2.24, 2.45) is 10.2 Å². The van der Waals surface area contributed by atoms with Crippen LogP contribution in [-0.4, -0.2) is 13.3 Å². The fourth-order valence-electron chi connectivity index (χ4n) is 2.17. The lowest BCUT2D eigenvalue weighted by molar-refractivity contribution is -0.384. The van der Waals surface area contributed by atoms with Crippen molar-refractivity contribution < 1.29 is 13.3 Å². The van der Waals surface area contributed by atoms with Crippen LogP contribution in [0.25, 0.3) is 0 Å². The van der Waals surface area contributed by atoms with Crippen molar-refractivity contribution in [3.05, 3.63) is 89.0 Å². The van der Waals surface area contributed by atoms with Gasteiger partial charge >= 0.3 is 0 Å². The number of nitro benzene ring substituents is 1. The highest BCUT2D eigenvalue weighted by molar-refractivity contribution is 7.92. The largest absolute Gasteiger partial charge is 0.280 e.